The van der Waals surface area contributed by atoms with Crippen LogP contribution in [0, 0.1) is 5.92 Å². The minimum Gasteiger partial charge on any atom is -0.493 e. The smallest absolute Gasteiger partial charge is 0.191 e. The molecule has 2 N–H and O–H groups in total. The number of rotatable bonds is 6. The zero-order valence-electron chi connectivity index (χ0n) is 13.6. The van der Waals surface area contributed by atoms with Crippen molar-refractivity contribution >= 4 is 29.9 Å². The van der Waals surface area contributed by atoms with Crippen molar-refractivity contribution in [3.05, 3.63) is 42.0 Å². The summed E-state index contributed by atoms with van der Waals surface area (Å²) in [5, 5.41) is 6.84. The average molecular weight is 427 g/mol. The van der Waals surface area contributed by atoms with Gasteiger partial charge in [-0.1, -0.05) is 30.4 Å². The summed E-state index contributed by atoms with van der Waals surface area (Å²) in [6.07, 6.45) is 9.19. The van der Waals surface area contributed by atoms with Gasteiger partial charge in [-0.2, -0.15) is 0 Å². The van der Waals surface area contributed by atoms with E-state index in [4.69, 9.17) is 4.74 Å². The second-order valence-corrected chi connectivity index (χ2v) is 6.07. The van der Waals surface area contributed by atoms with Gasteiger partial charge in [-0.05, 0) is 37.7 Å². The minimum absolute atomic E-state index is 0. The van der Waals surface area contributed by atoms with Crippen LogP contribution in [0.2, 0.25) is 0 Å². The van der Waals surface area contributed by atoms with Crippen LogP contribution in [0.5, 0.6) is 5.75 Å². The number of ether oxygens (including phenoxy) is 1. The Balaban J connectivity index is 0.00000192. The van der Waals surface area contributed by atoms with E-state index in [1.165, 1.54) is 18.4 Å². The lowest BCUT2D eigenvalue weighted by molar-refractivity contribution is 0.296. The first-order valence-electron chi connectivity index (χ1n) is 8.18. The molecule has 0 bridgehead atoms. The van der Waals surface area contributed by atoms with Crippen LogP contribution in [0.4, 0.5) is 0 Å². The lowest BCUT2D eigenvalue weighted by Crippen LogP contribution is -2.42. The van der Waals surface area contributed by atoms with Gasteiger partial charge in [-0.15, -0.1) is 24.0 Å². The van der Waals surface area contributed by atoms with Crippen molar-refractivity contribution in [2.24, 2.45) is 10.9 Å². The molecule has 4 nitrogen and oxygen atoms in total. The summed E-state index contributed by atoms with van der Waals surface area (Å²) in [6, 6.07) is 8.71. The maximum atomic E-state index is 5.95. The summed E-state index contributed by atoms with van der Waals surface area (Å²) in [7, 11) is 1.81. The summed E-state index contributed by atoms with van der Waals surface area (Å²) in [5.74, 6) is 2.61. The molecule has 1 aromatic carbocycles. The van der Waals surface area contributed by atoms with Gasteiger partial charge in [0, 0.05) is 25.2 Å². The van der Waals surface area contributed by atoms with E-state index >= 15 is 0 Å². The van der Waals surface area contributed by atoms with Crippen LogP contribution in [-0.4, -0.2) is 25.7 Å². The highest BCUT2D eigenvalue weighted by Gasteiger charge is 2.22. The molecule has 2 aliphatic carbocycles. The Morgan fingerprint density at radius 2 is 1.96 bits per heavy atom. The maximum absolute atomic E-state index is 5.95. The molecule has 0 aliphatic heterocycles. The molecular weight excluding hydrogens is 401 g/mol. The molecule has 0 aromatic heterocycles. The largest absolute Gasteiger partial charge is 0.493 e. The monoisotopic (exact) mass is 427 g/mol. The molecule has 0 unspecified atom stereocenters. The Morgan fingerprint density at radius 3 is 2.65 bits per heavy atom. The molecule has 1 aromatic rings. The Hall–Kier alpha value is -1.24. The Kier molecular flexibility index (Phi) is 7.20. The first-order valence-corrected chi connectivity index (χ1v) is 8.18. The third-order valence-electron chi connectivity index (χ3n) is 4.16. The lowest BCUT2D eigenvalue weighted by Gasteiger charge is -2.18. The Bertz CT molecular complexity index is 547. The van der Waals surface area contributed by atoms with Gasteiger partial charge < -0.3 is 15.4 Å². The van der Waals surface area contributed by atoms with Crippen molar-refractivity contribution in [3.63, 3.8) is 0 Å². The number of aliphatic imine (C=N–C) groups is 1. The Labute approximate surface area is 155 Å². The van der Waals surface area contributed by atoms with E-state index < -0.39 is 0 Å². The van der Waals surface area contributed by atoms with Gasteiger partial charge in [-0.3, -0.25) is 4.99 Å². The number of nitrogens with one attached hydrogen (secondary N) is 2. The number of hydrogen-bond donors (Lipinski definition) is 2. The molecule has 5 heteroatoms. The summed E-state index contributed by atoms with van der Waals surface area (Å²) in [5.41, 5.74) is 1.18. The standard InChI is InChI=1S/C18H25N3O.HI/c1-19-18(21-16-7-3-4-8-16)20-12-15-6-2-5-9-17(15)22-13-14-10-11-14;/h2-6,9,14,16H,7-8,10-13H2,1H3,(H2,19,20,21);1H. The van der Waals surface area contributed by atoms with E-state index in [0.717, 1.165) is 43.6 Å². The average Bonchev–Trinajstić information content (AvgIpc) is 3.25. The molecule has 0 saturated heterocycles. The van der Waals surface area contributed by atoms with E-state index in [-0.39, 0.29) is 24.0 Å². The van der Waals surface area contributed by atoms with Gasteiger partial charge in [-0.25, -0.2) is 0 Å². The van der Waals surface area contributed by atoms with Crippen LogP contribution in [-0.2, 0) is 6.54 Å². The zero-order valence-corrected chi connectivity index (χ0v) is 16.0. The normalized spacial score (nSPS) is 17.7. The van der Waals surface area contributed by atoms with Gasteiger partial charge in [0.25, 0.3) is 0 Å². The van der Waals surface area contributed by atoms with E-state index in [1.54, 1.807) is 0 Å². The summed E-state index contributed by atoms with van der Waals surface area (Å²) in [4.78, 5) is 4.31. The first kappa shape index (κ1) is 18.1. The van der Waals surface area contributed by atoms with Crippen molar-refractivity contribution in [2.75, 3.05) is 13.7 Å². The van der Waals surface area contributed by atoms with Gasteiger partial charge >= 0.3 is 0 Å². The van der Waals surface area contributed by atoms with Crippen LogP contribution in [0.3, 0.4) is 0 Å². The summed E-state index contributed by atoms with van der Waals surface area (Å²) in [6.45, 7) is 1.57. The van der Waals surface area contributed by atoms with E-state index in [2.05, 4.69) is 46.0 Å². The molecule has 0 heterocycles. The molecule has 0 spiro atoms. The molecule has 3 rings (SSSR count). The zero-order chi connectivity index (χ0) is 15.2. The fourth-order valence-electron chi connectivity index (χ4n) is 2.58. The number of guanidine groups is 1. The number of para-hydroxylation sites is 1. The first-order chi connectivity index (χ1) is 10.8. The summed E-state index contributed by atoms with van der Waals surface area (Å²) >= 11 is 0. The maximum Gasteiger partial charge on any atom is 0.191 e. The highest BCUT2D eigenvalue weighted by atomic mass is 127. The molecule has 2 aliphatic rings. The molecule has 0 radical (unpaired) electrons. The van der Waals surface area contributed by atoms with E-state index in [1.807, 2.05) is 13.1 Å². The van der Waals surface area contributed by atoms with Crippen molar-refractivity contribution in [2.45, 2.75) is 38.3 Å². The second-order valence-electron chi connectivity index (χ2n) is 6.07. The van der Waals surface area contributed by atoms with Crippen molar-refractivity contribution in [1.29, 1.82) is 0 Å². The molecule has 23 heavy (non-hydrogen) atoms. The van der Waals surface area contributed by atoms with Crippen LogP contribution in [0.1, 0.15) is 31.2 Å². The highest BCUT2D eigenvalue weighted by molar-refractivity contribution is 14.0. The minimum atomic E-state index is 0. The van der Waals surface area contributed by atoms with Crippen LogP contribution in [0.15, 0.2) is 41.4 Å². The number of halogens is 1. The van der Waals surface area contributed by atoms with Crippen LogP contribution >= 0.6 is 24.0 Å². The highest BCUT2D eigenvalue weighted by Crippen LogP contribution is 2.30. The fraction of sp³-hybridized carbons (Fsp3) is 0.500. The predicted molar refractivity (Wildman–Crippen MR) is 106 cm³/mol. The molecule has 0 atom stereocenters. The second kappa shape index (κ2) is 9.15. The molecular formula is C18H26IN3O. The van der Waals surface area contributed by atoms with Gasteiger partial charge in [0.05, 0.1) is 6.61 Å². The molecule has 126 valence electrons. The summed E-state index contributed by atoms with van der Waals surface area (Å²) < 4.78 is 5.95. The van der Waals surface area contributed by atoms with Gasteiger partial charge in [0.2, 0.25) is 0 Å². The van der Waals surface area contributed by atoms with Crippen molar-refractivity contribution in [3.8, 4) is 5.75 Å². The lowest BCUT2D eigenvalue weighted by atomic mass is 10.2. The number of benzene rings is 1. The third kappa shape index (κ3) is 5.71. The SMILES string of the molecule is CN=C(NCc1ccccc1OCC1CC1)NC1CC=CC1.I. The fourth-order valence-corrected chi connectivity index (χ4v) is 2.58. The molecule has 0 amide bonds. The van der Waals surface area contributed by atoms with E-state index in [0.29, 0.717) is 6.04 Å². The molecule has 1 fully saturated rings. The predicted octanol–water partition coefficient (Wildman–Crippen LogP) is 3.48. The van der Waals surface area contributed by atoms with E-state index in [9.17, 15) is 0 Å². The van der Waals surface area contributed by atoms with Gasteiger partial charge in [0.15, 0.2) is 5.96 Å². The number of hydrogen-bond acceptors (Lipinski definition) is 2. The van der Waals surface area contributed by atoms with Gasteiger partial charge in [0.1, 0.15) is 5.75 Å². The number of nitrogens with zero attached hydrogens (tertiary/aromatic N) is 1. The van der Waals surface area contributed by atoms with Crippen molar-refractivity contribution in [1.82, 2.24) is 10.6 Å². The van der Waals surface area contributed by atoms with Crippen LogP contribution < -0.4 is 15.4 Å². The Morgan fingerprint density at radius 1 is 1.22 bits per heavy atom. The molecule has 1 saturated carbocycles. The quantitative estimate of drug-likeness (QED) is 0.316. The topological polar surface area (TPSA) is 45.7 Å². The third-order valence-corrected chi connectivity index (χ3v) is 4.16. The van der Waals surface area contributed by atoms with Crippen LogP contribution in [0.25, 0.3) is 0 Å². The van der Waals surface area contributed by atoms with Crippen molar-refractivity contribution < 1.29 is 4.74 Å².